The third-order valence-corrected chi connectivity index (χ3v) is 3.61. The van der Waals surface area contributed by atoms with Crippen LogP contribution in [0.25, 0.3) is 5.69 Å². The summed E-state index contributed by atoms with van der Waals surface area (Å²) in [4.78, 5) is 28.8. The van der Waals surface area contributed by atoms with E-state index in [4.69, 9.17) is 0 Å². The largest absolute Gasteiger partial charge is 0.336 e. The first-order valence-electron chi connectivity index (χ1n) is 6.93. The molecule has 1 N–H and O–H groups in total. The van der Waals surface area contributed by atoms with Gasteiger partial charge >= 0.3 is 0 Å². The first kappa shape index (κ1) is 14.2. The van der Waals surface area contributed by atoms with E-state index < -0.39 is 4.92 Å². The molecule has 2 heterocycles. The number of hydrogen-bond acceptors (Lipinski definition) is 5. The monoisotopic (exact) mass is 301 g/mol. The summed E-state index contributed by atoms with van der Waals surface area (Å²) in [5.74, 6) is -0.179. The molecule has 1 aliphatic heterocycles. The van der Waals surface area contributed by atoms with Crippen LogP contribution in [0.1, 0.15) is 10.4 Å². The molecule has 114 valence electrons. The predicted octanol–water partition coefficient (Wildman–Crippen LogP) is 0.826. The van der Waals surface area contributed by atoms with Crippen molar-refractivity contribution in [1.82, 2.24) is 19.8 Å². The Morgan fingerprint density at radius 1 is 1.32 bits per heavy atom. The van der Waals surface area contributed by atoms with Crippen LogP contribution in [0.15, 0.2) is 36.9 Å². The Balaban J connectivity index is 1.95. The number of aromatic nitrogens is 2. The second-order valence-corrected chi connectivity index (χ2v) is 4.97. The molecule has 1 aromatic carbocycles. The maximum absolute atomic E-state index is 12.4. The van der Waals surface area contributed by atoms with Gasteiger partial charge in [0.05, 0.1) is 11.3 Å². The first-order chi connectivity index (χ1) is 10.7. The lowest BCUT2D eigenvalue weighted by Gasteiger charge is -2.27. The number of hydrogen-bond donors (Lipinski definition) is 1. The SMILES string of the molecule is O=C(c1ccc(-n2ccnc2)c([N+](=O)[O-])c1)N1CCNCC1. The van der Waals surface area contributed by atoms with Gasteiger partial charge in [-0.05, 0) is 12.1 Å². The molecule has 2 aromatic rings. The van der Waals surface area contributed by atoms with Gasteiger partial charge < -0.3 is 14.8 Å². The second kappa shape index (κ2) is 5.94. The van der Waals surface area contributed by atoms with Gasteiger partial charge in [0, 0.05) is 50.2 Å². The molecule has 0 unspecified atom stereocenters. The Morgan fingerprint density at radius 3 is 2.73 bits per heavy atom. The molecule has 0 saturated carbocycles. The molecule has 1 aromatic heterocycles. The zero-order valence-electron chi connectivity index (χ0n) is 11.8. The molecule has 1 saturated heterocycles. The summed E-state index contributed by atoms with van der Waals surface area (Å²) < 4.78 is 1.55. The smallest absolute Gasteiger partial charge is 0.294 e. The highest BCUT2D eigenvalue weighted by Crippen LogP contribution is 2.24. The van der Waals surface area contributed by atoms with Crippen LogP contribution < -0.4 is 5.32 Å². The molecular formula is C14H15N5O3. The van der Waals surface area contributed by atoms with Gasteiger partial charge in [0.2, 0.25) is 0 Å². The van der Waals surface area contributed by atoms with E-state index in [1.54, 1.807) is 34.0 Å². The van der Waals surface area contributed by atoms with Crippen LogP contribution in [0.2, 0.25) is 0 Å². The van der Waals surface area contributed by atoms with Crippen molar-refractivity contribution < 1.29 is 9.72 Å². The molecule has 0 radical (unpaired) electrons. The van der Waals surface area contributed by atoms with Crippen LogP contribution in [0.5, 0.6) is 0 Å². The number of nitrogens with zero attached hydrogens (tertiary/aromatic N) is 4. The minimum Gasteiger partial charge on any atom is -0.336 e. The molecule has 3 rings (SSSR count). The Labute approximate surface area is 126 Å². The molecule has 8 heteroatoms. The Morgan fingerprint density at radius 2 is 2.09 bits per heavy atom. The summed E-state index contributed by atoms with van der Waals surface area (Å²) in [5.41, 5.74) is 0.607. The van der Waals surface area contributed by atoms with Gasteiger partial charge in [0.1, 0.15) is 5.69 Å². The maximum Gasteiger partial charge on any atom is 0.294 e. The van der Waals surface area contributed by atoms with E-state index in [1.165, 1.54) is 12.4 Å². The Kier molecular flexibility index (Phi) is 3.84. The fraction of sp³-hybridized carbons (Fsp3) is 0.286. The van der Waals surface area contributed by atoms with E-state index in [-0.39, 0.29) is 11.6 Å². The van der Waals surface area contributed by atoms with Gasteiger partial charge in [-0.1, -0.05) is 0 Å². The van der Waals surface area contributed by atoms with E-state index in [1.807, 2.05) is 0 Å². The zero-order chi connectivity index (χ0) is 15.5. The number of carbonyl (C=O) groups is 1. The van der Waals surface area contributed by atoms with Crippen LogP contribution in [-0.2, 0) is 0 Å². The number of nitro groups is 1. The molecule has 22 heavy (non-hydrogen) atoms. The van der Waals surface area contributed by atoms with Crippen molar-refractivity contribution >= 4 is 11.6 Å². The third kappa shape index (κ3) is 2.68. The number of rotatable bonds is 3. The quantitative estimate of drug-likeness (QED) is 0.669. The van der Waals surface area contributed by atoms with Crippen molar-refractivity contribution in [2.75, 3.05) is 26.2 Å². The molecule has 1 amide bonds. The predicted molar refractivity (Wildman–Crippen MR) is 79.0 cm³/mol. The fourth-order valence-electron chi connectivity index (χ4n) is 2.47. The van der Waals surface area contributed by atoms with Crippen molar-refractivity contribution in [2.24, 2.45) is 0 Å². The van der Waals surface area contributed by atoms with Gasteiger partial charge in [-0.3, -0.25) is 14.9 Å². The highest BCUT2D eigenvalue weighted by Gasteiger charge is 2.22. The molecule has 1 aliphatic rings. The number of carbonyl (C=O) groups excluding carboxylic acids is 1. The summed E-state index contributed by atoms with van der Waals surface area (Å²) >= 11 is 0. The topological polar surface area (TPSA) is 93.3 Å². The minimum atomic E-state index is -0.482. The van der Waals surface area contributed by atoms with E-state index >= 15 is 0 Å². The first-order valence-corrected chi connectivity index (χ1v) is 6.93. The standard InChI is InChI=1S/C14H15N5O3/c20-14(17-6-3-15-4-7-17)11-1-2-12(13(9-11)19(21)22)18-8-5-16-10-18/h1-2,5,8-10,15H,3-4,6-7H2. The highest BCUT2D eigenvalue weighted by atomic mass is 16.6. The van der Waals surface area contributed by atoms with Crippen LogP contribution in [-0.4, -0.2) is 51.5 Å². The average Bonchev–Trinajstić information content (AvgIpc) is 3.08. The average molecular weight is 301 g/mol. The number of piperazine rings is 1. The fourth-order valence-corrected chi connectivity index (χ4v) is 2.47. The van der Waals surface area contributed by atoms with Crippen molar-refractivity contribution in [2.45, 2.75) is 0 Å². The number of nitro benzene ring substituents is 1. The number of nitrogens with one attached hydrogen (secondary N) is 1. The third-order valence-electron chi connectivity index (χ3n) is 3.61. The number of imidazole rings is 1. The van der Waals surface area contributed by atoms with Crippen molar-refractivity contribution in [1.29, 1.82) is 0 Å². The minimum absolute atomic E-state index is 0.112. The normalized spacial score (nSPS) is 14.8. The van der Waals surface area contributed by atoms with Gasteiger partial charge in [0.25, 0.3) is 11.6 Å². The maximum atomic E-state index is 12.4. The molecule has 8 nitrogen and oxygen atoms in total. The summed E-state index contributed by atoms with van der Waals surface area (Å²) in [7, 11) is 0. The molecule has 0 atom stereocenters. The van der Waals surface area contributed by atoms with Crippen LogP contribution in [0.4, 0.5) is 5.69 Å². The summed E-state index contributed by atoms with van der Waals surface area (Å²) in [5, 5.41) is 14.5. The van der Waals surface area contributed by atoms with E-state index in [9.17, 15) is 14.9 Å². The second-order valence-electron chi connectivity index (χ2n) is 4.97. The summed E-state index contributed by atoms with van der Waals surface area (Å²) in [6.45, 7) is 2.69. The Bertz CT molecular complexity index is 693. The van der Waals surface area contributed by atoms with Gasteiger partial charge in [-0.15, -0.1) is 0 Å². The molecule has 0 aliphatic carbocycles. The number of amides is 1. The van der Waals surface area contributed by atoms with E-state index in [0.717, 1.165) is 13.1 Å². The number of benzene rings is 1. The van der Waals surface area contributed by atoms with Crippen LogP contribution in [0, 0.1) is 10.1 Å². The molecular weight excluding hydrogens is 286 g/mol. The Hall–Kier alpha value is -2.74. The lowest BCUT2D eigenvalue weighted by Crippen LogP contribution is -2.46. The van der Waals surface area contributed by atoms with Crippen molar-refractivity contribution in [3.8, 4) is 5.69 Å². The van der Waals surface area contributed by atoms with Crippen LogP contribution in [0.3, 0.4) is 0 Å². The van der Waals surface area contributed by atoms with Gasteiger partial charge in [0.15, 0.2) is 0 Å². The van der Waals surface area contributed by atoms with E-state index in [2.05, 4.69) is 10.3 Å². The van der Waals surface area contributed by atoms with Crippen molar-refractivity contribution in [3.63, 3.8) is 0 Å². The van der Waals surface area contributed by atoms with Crippen molar-refractivity contribution in [3.05, 3.63) is 52.6 Å². The lowest BCUT2D eigenvalue weighted by atomic mass is 10.1. The van der Waals surface area contributed by atoms with E-state index in [0.29, 0.717) is 24.3 Å². The van der Waals surface area contributed by atoms with Gasteiger partial charge in [-0.25, -0.2) is 4.98 Å². The molecule has 0 bridgehead atoms. The summed E-state index contributed by atoms with van der Waals surface area (Å²) in [6.07, 6.45) is 4.66. The van der Waals surface area contributed by atoms with Gasteiger partial charge in [-0.2, -0.15) is 0 Å². The highest BCUT2D eigenvalue weighted by molar-refractivity contribution is 5.95. The molecule has 0 spiro atoms. The summed E-state index contributed by atoms with van der Waals surface area (Å²) in [6, 6.07) is 4.53. The lowest BCUT2D eigenvalue weighted by molar-refractivity contribution is -0.384. The van der Waals surface area contributed by atoms with Crippen LogP contribution >= 0.6 is 0 Å². The zero-order valence-corrected chi connectivity index (χ0v) is 11.8. The molecule has 1 fully saturated rings.